The molecule has 0 atom stereocenters. The standard InChI is InChI=1S/C18H21N5O/c1-10-8-13(19)6-7-14(10)16-12(3)17-20-15(18(24)22(4)5)9-11(2)23(17)21-16/h6-9H,19H2,1-5H3. The Hall–Kier alpha value is -2.89. The third-order valence-electron chi connectivity index (χ3n) is 4.13. The molecule has 0 fully saturated rings. The van der Waals surface area contributed by atoms with Gasteiger partial charge in [0, 0.05) is 36.6 Å². The second kappa shape index (κ2) is 5.63. The zero-order valence-corrected chi connectivity index (χ0v) is 14.6. The summed E-state index contributed by atoms with van der Waals surface area (Å²) in [6.07, 6.45) is 0. The molecule has 1 aromatic carbocycles. The van der Waals surface area contributed by atoms with Gasteiger partial charge in [-0.15, -0.1) is 0 Å². The Bertz CT molecular complexity index is 956. The quantitative estimate of drug-likeness (QED) is 0.736. The van der Waals surface area contributed by atoms with Crippen LogP contribution in [0.4, 0.5) is 5.69 Å². The van der Waals surface area contributed by atoms with E-state index in [4.69, 9.17) is 10.8 Å². The van der Waals surface area contributed by atoms with Crippen molar-refractivity contribution in [1.82, 2.24) is 19.5 Å². The van der Waals surface area contributed by atoms with Crippen molar-refractivity contribution >= 4 is 17.2 Å². The summed E-state index contributed by atoms with van der Waals surface area (Å²) in [7, 11) is 3.44. The van der Waals surface area contributed by atoms with Crippen molar-refractivity contribution < 1.29 is 4.79 Å². The van der Waals surface area contributed by atoms with Crippen LogP contribution in [0, 0.1) is 20.8 Å². The molecule has 6 heteroatoms. The number of hydrogen-bond donors (Lipinski definition) is 1. The van der Waals surface area contributed by atoms with Gasteiger partial charge in [-0.25, -0.2) is 9.50 Å². The number of fused-ring (bicyclic) bond motifs is 1. The molecule has 0 bridgehead atoms. The molecule has 0 saturated heterocycles. The molecule has 124 valence electrons. The maximum atomic E-state index is 12.2. The Morgan fingerprint density at radius 2 is 1.88 bits per heavy atom. The molecule has 0 unspecified atom stereocenters. The lowest BCUT2D eigenvalue weighted by Crippen LogP contribution is -2.23. The zero-order chi connectivity index (χ0) is 17.6. The Morgan fingerprint density at radius 3 is 2.50 bits per heavy atom. The van der Waals surface area contributed by atoms with E-state index < -0.39 is 0 Å². The first-order valence-corrected chi connectivity index (χ1v) is 7.74. The summed E-state index contributed by atoms with van der Waals surface area (Å²) in [6.45, 7) is 5.91. The fraction of sp³-hybridized carbons (Fsp3) is 0.278. The predicted molar refractivity (Wildman–Crippen MR) is 95.1 cm³/mol. The minimum atomic E-state index is -0.119. The monoisotopic (exact) mass is 323 g/mol. The molecule has 2 heterocycles. The first kappa shape index (κ1) is 16.0. The highest BCUT2D eigenvalue weighted by Gasteiger charge is 2.18. The second-order valence-corrected chi connectivity index (χ2v) is 6.27. The molecule has 3 rings (SSSR count). The summed E-state index contributed by atoms with van der Waals surface area (Å²) in [4.78, 5) is 18.3. The summed E-state index contributed by atoms with van der Waals surface area (Å²) in [5.41, 5.74) is 12.4. The summed E-state index contributed by atoms with van der Waals surface area (Å²) in [5.74, 6) is -0.119. The van der Waals surface area contributed by atoms with E-state index >= 15 is 0 Å². The number of carbonyl (C=O) groups is 1. The van der Waals surface area contributed by atoms with E-state index in [-0.39, 0.29) is 5.91 Å². The first-order chi connectivity index (χ1) is 11.3. The lowest BCUT2D eigenvalue weighted by molar-refractivity contribution is 0.0822. The van der Waals surface area contributed by atoms with Crippen LogP contribution in [0.15, 0.2) is 24.3 Å². The molecule has 0 radical (unpaired) electrons. The van der Waals surface area contributed by atoms with Gasteiger partial charge >= 0.3 is 0 Å². The van der Waals surface area contributed by atoms with Crippen LogP contribution >= 0.6 is 0 Å². The van der Waals surface area contributed by atoms with Gasteiger partial charge in [0.05, 0.1) is 5.69 Å². The van der Waals surface area contributed by atoms with E-state index in [1.54, 1.807) is 24.7 Å². The molecule has 0 aliphatic rings. The van der Waals surface area contributed by atoms with Crippen LogP contribution in [0.5, 0.6) is 0 Å². The molecule has 0 saturated carbocycles. The molecule has 2 aromatic heterocycles. The maximum absolute atomic E-state index is 12.2. The molecule has 0 aliphatic heterocycles. The van der Waals surface area contributed by atoms with Crippen molar-refractivity contribution in [3.8, 4) is 11.3 Å². The number of rotatable bonds is 2. The fourth-order valence-corrected chi connectivity index (χ4v) is 2.82. The fourth-order valence-electron chi connectivity index (χ4n) is 2.82. The largest absolute Gasteiger partial charge is 0.399 e. The Morgan fingerprint density at radius 1 is 1.17 bits per heavy atom. The van der Waals surface area contributed by atoms with Gasteiger partial charge in [-0.05, 0) is 44.5 Å². The zero-order valence-electron chi connectivity index (χ0n) is 14.6. The Balaban J connectivity index is 2.24. The number of amides is 1. The van der Waals surface area contributed by atoms with Crippen molar-refractivity contribution in [2.75, 3.05) is 19.8 Å². The lowest BCUT2D eigenvalue weighted by Gasteiger charge is -2.10. The lowest BCUT2D eigenvalue weighted by atomic mass is 10.0. The number of aromatic nitrogens is 3. The molecular formula is C18H21N5O. The van der Waals surface area contributed by atoms with Crippen LogP contribution in [-0.2, 0) is 0 Å². The number of nitrogen functional groups attached to an aromatic ring is 1. The molecule has 1 amide bonds. The van der Waals surface area contributed by atoms with Gasteiger partial charge in [0.25, 0.3) is 5.91 Å². The van der Waals surface area contributed by atoms with Crippen LogP contribution in [0.25, 0.3) is 16.9 Å². The number of aryl methyl sites for hydroxylation is 3. The Kier molecular flexibility index (Phi) is 3.75. The van der Waals surface area contributed by atoms with Gasteiger partial charge in [0.2, 0.25) is 0 Å². The smallest absolute Gasteiger partial charge is 0.272 e. The van der Waals surface area contributed by atoms with Crippen LogP contribution < -0.4 is 5.73 Å². The minimum Gasteiger partial charge on any atom is -0.399 e. The molecule has 0 aliphatic carbocycles. The molecule has 0 spiro atoms. The SMILES string of the molecule is Cc1cc(N)ccc1-c1nn2c(C)cc(C(=O)N(C)C)nc2c1C. The summed E-state index contributed by atoms with van der Waals surface area (Å²) in [5, 5.41) is 4.71. The normalized spacial score (nSPS) is 11.0. The maximum Gasteiger partial charge on any atom is 0.272 e. The van der Waals surface area contributed by atoms with Crippen molar-refractivity contribution in [1.29, 1.82) is 0 Å². The number of carbonyl (C=O) groups excluding carboxylic acids is 1. The highest BCUT2D eigenvalue weighted by atomic mass is 16.2. The summed E-state index contributed by atoms with van der Waals surface area (Å²) in [6, 6.07) is 7.54. The number of benzene rings is 1. The highest BCUT2D eigenvalue weighted by Crippen LogP contribution is 2.29. The Labute approximate surface area is 140 Å². The molecule has 6 nitrogen and oxygen atoms in total. The van der Waals surface area contributed by atoms with Crippen LogP contribution in [0.1, 0.15) is 27.3 Å². The number of anilines is 1. The third-order valence-corrected chi connectivity index (χ3v) is 4.13. The average Bonchev–Trinajstić information content (AvgIpc) is 2.84. The van der Waals surface area contributed by atoms with Gasteiger partial charge in [0.15, 0.2) is 5.65 Å². The van der Waals surface area contributed by atoms with E-state index in [1.165, 1.54) is 4.90 Å². The number of nitrogens with zero attached hydrogens (tertiary/aromatic N) is 4. The van der Waals surface area contributed by atoms with Crippen molar-refractivity contribution in [2.45, 2.75) is 20.8 Å². The molecule has 2 N–H and O–H groups in total. The third kappa shape index (κ3) is 2.50. The predicted octanol–water partition coefficient (Wildman–Crippen LogP) is 2.61. The van der Waals surface area contributed by atoms with E-state index in [2.05, 4.69) is 4.98 Å². The summed E-state index contributed by atoms with van der Waals surface area (Å²) >= 11 is 0. The van der Waals surface area contributed by atoms with E-state index in [9.17, 15) is 4.79 Å². The average molecular weight is 323 g/mol. The van der Waals surface area contributed by atoms with Crippen LogP contribution in [0.2, 0.25) is 0 Å². The molecule has 24 heavy (non-hydrogen) atoms. The van der Waals surface area contributed by atoms with Gasteiger partial charge in [0.1, 0.15) is 5.69 Å². The van der Waals surface area contributed by atoms with Crippen LogP contribution in [0.3, 0.4) is 0 Å². The van der Waals surface area contributed by atoms with Crippen molar-refractivity contribution in [3.05, 3.63) is 46.8 Å². The van der Waals surface area contributed by atoms with Gasteiger partial charge < -0.3 is 10.6 Å². The minimum absolute atomic E-state index is 0.119. The van der Waals surface area contributed by atoms with Gasteiger partial charge in [-0.3, -0.25) is 4.79 Å². The van der Waals surface area contributed by atoms with Crippen molar-refractivity contribution in [2.24, 2.45) is 0 Å². The van der Waals surface area contributed by atoms with Crippen LogP contribution in [-0.4, -0.2) is 39.5 Å². The number of hydrogen-bond acceptors (Lipinski definition) is 4. The van der Waals surface area contributed by atoms with Gasteiger partial charge in [-0.1, -0.05) is 6.07 Å². The van der Waals surface area contributed by atoms with E-state index in [0.29, 0.717) is 11.3 Å². The van der Waals surface area contributed by atoms with E-state index in [0.717, 1.165) is 33.8 Å². The first-order valence-electron chi connectivity index (χ1n) is 7.74. The summed E-state index contributed by atoms with van der Waals surface area (Å²) < 4.78 is 1.78. The number of nitrogens with two attached hydrogens (primary N) is 1. The van der Waals surface area contributed by atoms with Gasteiger partial charge in [-0.2, -0.15) is 5.10 Å². The molecular weight excluding hydrogens is 302 g/mol. The van der Waals surface area contributed by atoms with E-state index in [1.807, 2.05) is 39.0 Å². The topological polar surface area (TPSA) is 76.5 Å². The highest BCUT2D eigenvalue weighted by molar-refractivity contribution is 5.92. The van der Waals surface area contributed by atoms with Crippen molar-refractivity contribution in [3.63, 3.8) is 0 Å². The second-order valence-electron chi connectivity index (χ2n) is 6.27. The molecule has 3 aromatic rings.